The number of ether oxygens (including phenoxy) is 1. The summed E-state index contributed by atoms with van der Waals surface area (Å²) in [5, 5.41) is 3.11. The molecule has 0 aromatic heterocycles. The fraction of sp³-hybridized carbons (Fsp3) is 0.929. The molecule has 0 unspecified atom stereocenters. The van der Waals surface area contributed by atoms with Crippen molar-refractivity contribution in [1.29, 1.82) is 0 Å². The van der Waals surface area contributed by atoms with Crippen molar-refractivity contribution in [2.75, 3.05) is 32.6 Å². The number of carbonyl (C=O) groups is 1. The van der Waals surface area contributed by atoms with Gasteiger partial charge in [-0.25, -0.2) is 12.7 Å². The zero-order chi connectivity index (χ0) is 15.3. The molecule has 0 bridgehead atoms. The summed E-state index contributed by atoms with van der Waals surface area (Å²) in [6.07, 6.45) is 5.78. The van der Waals surface area contributed by atoms with E-state index in [9.17, 15) is 13.2 Å². The number of piperidine rings is 1. The number of nitrogens with zero attached hydrogens (tertiary/aromatic N) is 1. The highest BCUT2D eigenvalue weighted by Gasteiger charge is 2.31. The van der Waals surface area contributed by atoms with Gasteiger partial charge in [0.2, 0.25) is 15.9 Å². The van der Waals surface area contributed by atoms with Crippen LogP contribution < -0.4 is 5.32 Å². The monoisotopic (exact) mass is 318 g/mol. The van der Waals surface area contributed by atoms with Crippen molar-refractivity contribution in [2.45, 2.75) is 44.6 Å². The second-order valence-corrected chi connectivity index (χ2v) is 8.06. The molecule has 2 fully saturated rings. The van der Waals surface area contributed by atoms with Crippen molar-refractivity contribution in [3.8, 4) is 0 Å². The number of carbonyl (C=O) groups excluding carboxylic acids is 1. The van der Waals surface area contributed by atoms with Gasteiger partial charge in [-0.15, -0.1) is 0 Å². The minimum Gasteiger partial charge on any atom is -0.384 e. The van der Waals surface area contributed by atoms with Crippen molar-refractivity contribution >= 4 is 15.9 Å². The standard InChI is InChI=1S/C14H26N2O4S/c1-20-10-11-21(18,19)16-8-6-12(7-9-16)14(17)15-13-4-2-3-5-13/h12-13H,2-11H2,1H3,(H,15,17). The second-order valence-electron chi connectivity index (χ2n) is 5.97. The van der Waals surface area contributed by atoms with Gasteiger partial charge in [-0.3, -0.25) is 4.79 Å². The second kappa shape index (κ2) is 7.56. The molecular weight excluding hydrogens is 292 g/mol. The molecule has 0 aromatic rings. The molecule has 2 rings (SSSR count). The van der Waals surface area contributed by atoms with Gasteiger partial charge < -0.3 is 10.1 Å². The molecule has 0 radical (unpaired) electrons. The summed E-state index contributed by atoms with van der Waals surface area (Å²) in [5.74, 6) is 0.0814. The van der Waals surface area contributed by atoms with E-state index in [-0.39, 0.29) is 24.2 Å². The van der Waals surface area contributed by atoms with Crippen LogP contribution in [-0.4, -0.2) is 57.2 Å². The molecular formula is C14H26N2O4S. The third-order valence-electron chi connectivity index (χ3n) is 4.47. The number of rotatable bonds is 6. The molecule has 1 aliphatic carbocycles. The van der Waals surface area contributed by atoms with Crippen molar-refractivity contribution in [3.63, 3.8) is 0 Å². The van der Waals surface area contributed by atoms with E-state index in [1.165, 1.54) is 24.3 Å². The van der Waals surface area contributed by atoms with Crippen LogP contribution in [0.3, 0.4) is 0 Å². The van der Waals surface area contributed by atoms with Crippen LogP contribution in [-0.2, 0) is 19.6 Å². The Hall–Kier alpha value is -0.660. The lowest BCUT2D eigenvalue weighted by Gasteiger charge is -2.31. The fourth-order valence-corrected chi connectivity index (χ4v) is 4.51. The van der Waals surface area contributed by atoms with Gasteiger partial charge in [-0.05, 0) is 25.7 Å². The largest absolute Gasteiger partial charge is 0.384 e. The smallest absolute Gasteiger partial charge is 0.223 e. The molecule has 1 heterocycles. The Bertz CT molecular complexity index is 438. The van der Waals surface area contributed by atoms with E-state index in [2.05, 4.69) is 5.32 Å². The number of hydrogen-bond donors (Lipinski definition) is 1. The van der Waals surface area contributed by atoms with E-state index < -0.39 is 10.0 Å². The highest BCUT2D eigenvalue weighted by molar-refractivity contribution is 7.89. The van der Waals surface area contributed by atoms with Crippen molar-refractivity contribution < 1.29 is 17.9 Å². The molecule has 1 amide bonds. The summed E-state index contributed by atoms with van der Waals surface area (Å²) in [4.78, 5) is 12.2. The Morgan fingerprint density at radius 2 is 1.81 bits per heavy atom. The number of nitrogens with one attached hydrogen (secondary N) is 1. The molecule has 2 aliphatic rings. The molecule has 0 atom stereocenters. The van der Waals surface area contributed by atoms with E-state index in [0.29, 0.717) is 32.0 Å². The first-order valence-corrected chi connectivity index (χ1v) is 9.41. The SMILES string of the molecule is COCCS(=O)(=O)N1CCC(C(=O)NC2CCCC2)CC1. The van der Waals surface area contributed by atoms with Crippen LogP contribution in [0.2, 0.25) is 0 Å². The molecule has 122 valence electrons. The highest BCUT2D eigenvalue weighted by Crippen LogP contribution is 2.22. The molecule has 1 saturated carbocycles. The molecule has 0 spiro atoms. The Labute approximate surface area is 127 Å². The Morgan fingerprint density at radius 3 is 2.38 bits per heavy atom. The van der Waals surface area contributed by atoms with Crippen LogP contribution in [0.5, 0.6) is 0 Å². The van der Waals surface area contributed by atoms with E-state index in [0.717, 1.165) is 12.8 Å². The van der Waals surface area contributed by atoms with E-state index >= 15 is 0 Å². The minimum absolute atomic E-state index is 0.0163. The van der Waals surface area contributed by atoms with Crippen LogP contribution in [0.15, 0.2) is 0 Å². The van der Waals surface area contributed by atoms with Gasteiger partial charge in [-0.2, -0.15) is 0 Å². The first kappa shape index (κ1) is 16.7. The highest BCUT2D eigenvalue weighted by atomic mass is 32.2. The maximum absolute atomic E-state index is 12.2. The molecule has 7 heteroatoms. The zero-order valence-corrected chi connectivity index (χ0v) is 13.5. The van der Waals surface area contributed by atoms with Crippen LogP contribution in [0.1, 0.15) is 38.5 Å². The molecule has 0 aromatic carbocycles. The van der Waals surface area contributed by atoms with Crippen LogP contribution in [0, 0.1) is 5.92 Å². The third-order valence-corrected chi connectivity index (χ3v) is 6.30. The average molecular weight is 318 g/mol. The van der Waals surface area contributed by atoms with Crippen molar-refractivity contribution in [2.24, 2.45) is 5.92 Å². The Balaban J connectivity index is 1.78. The Morgan fingerprint density at radius 1 is 1.19 bits per heavy atom. The zero-order valence-electron chi connectivity index (χ0n) is 12.7. The molecule has 1 N–H and O–H groups in total. The first-order valence-electron chi connectivity index (χ1n) is 7.80. The average Bonchev–Trinajstić information content (AvgIpc) is 2.98. The van der Waals surface area contributed by atoms with Crippen molar-refractivity contribution in [3.05, 3.63) is 0 Å². The third kappa shape index (κ3) is 4.66. The number of hydrogen-bond acceptors (Lipinski definition) is 4. The predicted molar refractivity (Wildman–Crippen MR) is 80.4 cm³/mol. The fourth-order valence-electron chi connectivity index (χ4n) is 3.10. The van der Waals surface area contributed by atoms with E-state index in [1.807, 2.05) is 0 Å². The summed E-state index contributed by atoms with van der Waals surface area (Å²) in [7, 11) is -1.75. The topological polar surface area (TPSA) is 75.7 Å². The van der Waals surface area contributed by atoms with E-state index in [1.54, 1.807) is 0 Å². The maximum atomic E-state index is 12.2. The van der Waals surface area contributed by atoms with Gasteiger partial charge in [-0.1, -0.05) is 12.8 Å². The Kier molecular flexibility index (Phi) is 6.01. The van der Waals surface area contributed by atoms with E-state index in [4.69, 9.17) is 4.74 Å². The van der Waals surface area contributed by atoms with Gasteiger partial charge in [0.1, 0.15) is 0 Å². The summed E-state index contributed by atoms with van der Waals surface area (Å²) in [5.41, 5.74) is 0. The van der Waals surface area contributed by atoms with Gasteiger partial charge in [0.15, 0.2) is 0 Å². The van der Waals surface area contributed by atoms with Crippen LogP contribution in [0.4, 0.5) is 0 Å². The lowest BCUT2D eigenvalue weighted by molar-refractivity contribution is -0.126. The van der Waals surface area contributed by atoms with Crippen LogP contribution >= 0.6 is 0 Å². The molecule has 21 heavy (non-hydrogen) atoms. The summed E-state index contributed by atoms with van der Waals surface area (Å²) < 4.78 is 30.4. The number of methoxy groups -OCH3 is 1. The van der Waals surface area contributed by atoms with Crippen molar-refractivity contribution in [1.82, 2.24) is 9.62 Å². The predicted octanol–water partition coefficient (Wildman–Crippen LogP) is 0.733. The molecule has 1 aliphatic heterocycles. The van der Waals surface area contributed by atoms with Crippen LogP contribution in [0.25, 0.3) is 0 Å². The minimum atomic E-state index is -3.24. The van der Waals surface area contributed by atoms with Gasteiger partial charge in [0.25, 0.3) is 0 Å². The number of amides is 1. The number of sulfonamides is 1. The lowest BCUT2D eigenvalue weighted by Crippen LogP contribution is -2.45. The van der Waals surface area contributed by atoms with Gasteiger partial charge >= 0.3 is 0 Å². The first-order chi connectivity index (χ1) is 10.0. The summed E-state index contributed by atoms with van der Waals surface area (Å²) >= 11 is 0. The molecule has 1 saturated heterocycles. The quantitative estimate of drug-likeness (QED) is 0.783. The molecule has 6 nitrogen and oxygen atoms in total. The van der Waals surface area contributed by atoms with Gasteiger partial charge in [0.05, 0.1) is 12.4 Å². The van der Waals surface area contributed by atoms with Gasteiger partial charge in [0, 0.05) is 32.2 Å². The normalized spacial score (nSPS) is 22.5. The maximum Gasteiger partial charge on any atom is 0.223 e. The summed E-state index contributed by atoms with van der Waals surface area (Å²) in [6.45, 7) is 1.09. The lowest BCUT2D eigenvalue weighted by atomic mass is 9.97. The summed E-state index contributed by atoms with van der Waals surface area (Å²) in [6, 6.07) is 0.334.